The van der Waals surface area contributed by atoms with Gasteiger partial charge in [0.2, 0.25) is 0 Å². The van der Waals surface area contributed by atoms with Gasteiger partial charge in [-0.2, -0.15) is 0 Å². The van der Waals surface area contributed by atoms with Crippen molar-refractivity contribution in [2.45, 2.75) is 13.0 Å². The van der Waals surface area contributed by atoms with Crippen molar-refractivity contribution in [3.63, 3.8) is 0 Å². The van der Waals surface area contributed by atoms with Crippen LogP contribution in [0.15, 0.2) is 78.9 Å². The van der Waals surface area contributed by atoms with Crippen LogP contribution in [0.5, 0.6) is 0 Å². The van der Waals surface area contributed by atoms with Crippen molar-refractivity contribution in [3.05, 3.63) is 93.6 Å². The van der Waals surface area contributed by atoms with Crippen LogP contribution in [0.4, 0.5) is 0 Å². The van der Waals surface area contributed by atoms with Gasteiger partial charge in [-0.1, -0.05) is 66.7 Å². The second kappa shape index (κ2) is 7.62. The summed E-state index contributed by atoms with van der Waals surface area (Å²) in [6, 6.07) is 26.2. The van der Waals surface area contributed by atoms with Crippen molar-refractivity contribution in [2.75, 3.05) is 0 Å². The molecule has 0 spiro atoms. The topological polar surface area (TPSA) is 29.1 Å². The Hall–Kier alpha value is -2.14. The van der Waals surface area contributed by atoms with Gasteiger partial charge >= 0.3 is 0 Å². The molecule has 120 valence electrons. The number of hydrogen-bond donors (Lipinski definition) is 1. The number of amides is 1. The van der Waals surface area contributed by atoms with Gasteiger partial charge in [0.1, 0.15) is 0 Å². The van der Waals surface area contributed by atoms with E-state index in [9.17, 15) is 4.79 Å². The molecular weight excluding hydrogens is 409 g/mol. The minimum absolute atomic E-state index is 0.0420. The summed E-state index contributed by atoms with van der Waals surface area (Å²) in [5.74, 6) is -0.0420. The molecule has 1 N–H and O–H groups in total. The number of nitrogens with one attached hydrogen (secondary N) is 1. The molecule has 3 heteroatoms. The fraction of sp³-hybridized carbons (Fsp3) is 0.0952. The minimum Gasteiger partial charge on any atom is -0.345 e. The normalized spacial score (nSPS) is 11.8. The molecule has 0 saturated carbocycles. The Balaban J connectivity index is 1.73. The van der Waals surface area contributed by atoms with E-state index < -0.39 is 0 Å². The van der Waals surface area contributed by atoms with Crippen molar-refractivity contribution < 1.29 is 4.79 Å². The van der Waals surface area contributed by atoms with Gasteiger partial charge < -0.3 is 5.32 Å². The molecule has 24 heavy (non-hydrogen) atoms. The molecule has 0 radical (unpaired) electrons. The second-order valence-corrected chi connectivity index (χ2v) is 6.83. The summed E-state index contributed by atoms with van der Waals surface area (Å²) < 4.78 is 0.958. The third kappa shape index (κ3) is 3.85. The fourth-order valence-electron chi connectivity index (χ4n) is 2.60. The number of carbonyl (C=O) groups is 1. The molecule has 0 fully saturated rings. The van der Waals surface area contributed by atoms with E-state index in [0.29, 0.717) is 5.56 Å². The van der Waals surface area contributed by atoms with E-state index in [1.807, 2.05) is 49.4 Å². The Morgan fingerprint density at radius 2 is 1.42 bits per heavy atom. The van der Waals surface area contributed by atoms with Gasteiger partial charge in [0.25, 0.3) is 5.91 Å². The average molecular weight is 427 g/mol. The van der Waals surface area contributed by atoms with E-state index in [1.54, 1.807) is 0 Å². The molecule has 3 rings (SSSR count). The summed E-state index contributed by atoms with van der Waals surface area (Å²) in [5, 5.41) is 3.07. The lowest BCUT2D eigenvalue weighted by atomic mass is 10.0. The lowest BCUT2D eigenvalue weighted by Gasteiger charge is -2.15. The van der Waals surface area contributed by atoms with Crippen LogP contribution >= 0.6 is 22.6 Å². The molecule has 0 aromatic heterocycles. The van der Waals surface area contributed by atoms with Gasteiger partial charge in [-0.15, -0.1) is 0 Å². The third-order valence-corrected chi connectivity index (χ3v) is 4.92. The van der Waals surface area contributed by atoms with E-state index >= 15 is 0 Å². The van der Waals surface area contributed by atoms with E-state index in [2.05, 4.69) is 64.3 Å². The molecule has 1 amide bonds. The van der Waals surface area contributed by atoms with Gasteiger partial charge in [0.05, 0.1) is 11.6 Å². The Kier molecular flexibility index (Phi) is 5.30. The quantitative estimate of drug-likeness (QED) is 0.552. The first-order chi connectivity index (χ1) is 11.6. The maximum absolute atomic E-state index is 12.4. The Labute approximate surface area is 156 Å². The Morgan fingerprint density at radius 1 is 0.833 bits per heavy atom. The number of benzene rings is 3. The van der Waals surface area contributed by atoms with Gasteiger partial charge in [0, 0.05) is 3.57 Å². The van der Waals surface area contributed by atoms with Crippen LogP contribution in [-0.4, -0.2) is 5.91 Å². The predicted molar refractivity (Wildman–Crippen MR) is 107 cm³/mol. The molecule has 3 aromatic rings. The molecule has 3 aromatic carbocycles. The van der Waals surface area contributed by atoms with E-state index in [4.69, 9.17) is 0 Å². The van der Waals surface area contributed by atoms with Crippen LogP contribution in [-0.2, 0) is 0 Å². The van der Waals surface area contributed by atoms with Gasteiger partial charge in [-0.25, -0.2) is 0 Å². The molecule has 1 atom stereocenters. The van der Waals surface area contributed by atoms with Crippen LogP contribution in [0.1, 0.15) is 28.9 Å². The highest BCUT2D eigenvalue weighted by Gasteiger charge is 2.13. The molecule has 0 aliphatic carbocycles. The van der Waals surface area contributed by atoms with Crippen molar-refractivity contribution >= 4 is 28.5 Å². The van der Waals surface area contributed by atoms with Crippen LogP contribution in [0.3, 0.4) is 0 Å². The van der Waals surface area contributed by atoms with Gasteiger partial charge in [0.15, 0.2) is 0 Å². The first kappa shape index (κ1) is 16.7. The monoisotopic (exact) mass is 427 g/mol. The summed E-state index contributed by atoms with van der Waals surface area (Å²) in [4.78, 5) is 12.4. The average Bonchev–Trinajstić information content (AvgIpc) is 2.63. The largest absolute Gasteiger partial charge is 0.345 e. The number of hydrogen-bond acceptors (Lipinski definition) is 1. The van der Waals surface area contributed by atoms with Crippen molar-refractivity contribution in [1.82, 2.24) is 5.32 Å². The molecular formula is C21H18INO. The zero-order chi connectivity index (χ0) is 16.9. The van der Waals surface area contributed by atoms with E-state index in [1.165, 1.54) is 11.1 Å². The number of carbonyl (C=O) groups excluding carboxylic acids is 1. The lowest BCUT2D eigenvalue weighted by molar-refractivity contribution is 0.0939. The summed E-state index contributed by atoms with van der Waals surface area (Å²) in [6.45, 7) is 2.01. The Morgan fingerprint density at radius 3 is 2.08 bits per heavy atom. The zero-order valence-corrected chi connectivity index (χ0v) is 15.5. The molecule has 0 aliphatic rings. The second-order valence-electron chi connectivity index (χ2n) is 5.66. The molecule has 0 unspecified atom stereocenters. The predicted octanol–water partition coefficient (Wildman–Crippen LogP) is 5.45. The number of rotatable bonds is 4. The van der Waals surface area contributed by atoms with Crippen LogP contribution in [0.2, 0.25) is 0 Å². The summed E-state index contributed by atoms with van der Waals surface area (Å²) >= 11 is 2.19. The Bertz CT molecular complexity index is 828. The molecule has 0 saturated heterocycles. The van der Waals surface area contributed by atoms with Gasteiger partial charge in [-0.3, -0.25) is 4.79 Å². The zero-order valence-electron chi connectivity index (χ0n) is 13.4. The number of halogens is 1. The highest BCUT2D eigenvalue weighted by Crippen LogP contribution is 2.22. The summed E-state index contributed by atoms with van der Waals surface area (Å²) in [5.41, 5.74) is 4.18. The van der Waals surface area contributed by atoms with E-state index in [-0.39, 0.29) is 11.9 Å². The van der Waals surface area contributed by atoms with Crippen LogP contribution < -0.4 is 5.32 Å². The first-order valence-electron chi connectivity index (χ1n) is 7.86. The highest BCUT2D eigenvalue weighted by molar-refractivity contribution is 14.1. The maximum Gasteiger partial charge on any atom is 0.252 e. The molecule has 0 heterocycles. The summed E-state index contributed by atoms with van der Waals surface area (Å²) in [6.07, 6.45) is 0. The minimum atomic E-state index is -0.0432. The maximum atomic E-state index is 12.4. The van der Waals surface area contributed by atoms with Crippen molar-refractivity contribution in [1.29, 1.82) is 0 Å². The lowest BCUT2D eigenvalue weighted by Crippen LogP contribution is -2.27. The van der Waals surface area contributed by atoms with Gasteiger partial charge in [-0.05, 0) is 58.3 Å². The SMILES string of the molecule is C[C@@H](NC(=O)c1ccccc1I)c1ccc(-c2ccccc2)cc1. The van der Waals surface area contributed by atoms with Crippen molar-refractivity contribution in [3.8, 4) is 11.1 Å². The van der Waals surface area contributed by atoms with Crippen LogP contribution in [0, 0.1) is 3.57 Å². The highest BCUT2D eigenvalue weighted by atomic mass is 127. The fourth-order valence-corrected chi connectivity index (χ4v) is 3.23. The third-order valence-electron chi connectivity index (χ3n) is 3.98. The standard InChI is InChI=1S/C21H18INO/c1-15(23-21(24)19-9-5-6-10-20(19)22)16-11-13-18(14-12-16)17-7-3-2-4-8-17/h2-15H,1H3,(H,23,24)/t15-/m1/s1. The first-order valence-corrected chi connectivity index (χ1v) is 8.94. The molecule has 0 bridgehead atoms. The molecule has 0 aliphatic heterocycles. The van der Waals surface area contributed by atoms with Crippen LogP contribution in [0.25, 0.3) is 11.1 Å². The van der Waals surface area contributed by atoms with Crippen molar-refractivity contribution in [2.24, 2.45) is 0 Å². The molecule has 2 nitrogen and oxygen atoms in total. The summed E-state index contributed by atoms with van der Waals surface area (Å²) in [7, 11) is 0. The smallest absolute Gasteiger partial charge is 0.252 e. The van der Waals surface area contributed by atoms with E-state index in [0.717, 1.165) is 9.13 Å².